The minimum absolute atomic E-state index is 0.410. The molecule has 0 aliphatic carbocycles. The quantitative estimate of drug-likeness (QED) is 0.522. The molecular weight excluding hydrogens is 386 g/mol. The first kappa shape index (κ1) is 22.8. The SMILES string of the molecule is COc1cc(OC)c(OC)cc1/C=C/C(=O)O[C@H](C)C(=O)Nc1ccc(C)cc1C. The molecule has 0 heterocycles. The monoisotopic (exact) mass is 413 g/mol. The number of anilines is 1. The van der Waals surface area contributed by atoms with Crippen LogP contribution in [0.4, 0.5) is 5.69 Å². The van der Waals surface area contributed by atoms with E-state index in [1.807, 2.05) is 32.0 Å². The van der Waals surface area contributed by atoms with E-state index < -0.39 is 18.0 Å². The molecule has 7 nitrogen and oxygen atoms in total. The maximum atomic E-state index is 12.4. The lowest BCUT2D eigenvalue weighted by Crippen LogP contribution is -2.29. The summed E-state index contributed by atoms with van der Waals surface area (Å²) in [5.74, 6) is 0.429. The van der Waals surface area contributed by atoms with E-state index in [-0.39, 0.29) is 0 Å². The molecular formula is C23H27NO6. The second kappa shape index (κ2) is 10.3. The number of amides is 1. The number of esters is 1. The molecule has 0 radical (unpaired) electrons. The van der Waals surface area contributed by atoms with Gasteiger partial charge in [0.25, 0.3) is 5.91 Å². The standard InChI is InChI=1S/C23H27NO6/c1-14-7-9-18(15(2)11-14)24-23(26)16(3)30-22(25)10-8-17-12-20(28-5)21(29-6)13-19(17)27-4/h7-13,16H,1-6H3,(H,24,26)/b10-8+/t16-/m1/s1. The van der Waals surface area contributed by atoms with Crippen molar-refractivity contribution in [2.24, 2.45) is 0 Å². The number of ether oxygens (including phenoxy) is 4. The van der Waals surface area contributed by atoms with Gasteiger partial charge in [0, 0.05) is 23.4 Å². The van der Waals surface area contributed by atoms with Crippen molar-refractivity contribution in [2.75, 3.05) is 26.6 Å². The van der Waals surface area contributed by atoms with Crippen molar-refractivity contribution < 1.29 is 28.5 Å². The highest BCUT2D eigenvalue weighted by atomic mass is 16.5. The van der Waals surface area contributed by atoms with E-state index in [1.54, 1.807) is 12.1 Å². The van der Waals surface area contributed by atoms with Crippen molar-refractivity contribution in [3.63, 3.8) is 0 Å². The van der Waals surface area contributed by atoms with Crippen LogP contribution in [0.1, 0.15) is 23.6 Å². The third-order valence-electron chi connectivity index (χ3n) is 4.44. The van der Waals surface area contributed by atoms with E-state index in [4.69, 9.17) is 18.9 Å². The number of hydrogen-bond donors (Lipinski definition) is 1. The summed E-state index contributed by atoms with van der Waals surface area (Å²) >= 11 is 0. The van der Waals surface area contributed by atoms with Gasteiger partial charge in [0.05, 0.1) is 21.3 Å². The Bertz CT molecular complexity index is 951. The van der Waals surface area contributed by atoms with Crippen molar-refractivity contribution in [2.45, 2.75) is 26.9 Å². The highest BCUT2D eigenvalue weighted by molar-refractivity contribution is 5.97. The first-order chi connectivity index (χ1) is 14.3. The van der Waals surface area contributed by atoms with Gasteiger partial charge in [-0.05, 0) is 44.5 Å². The lowest BCUT2D eigenvalue weighted by Gasteiger charge is -2.14. The van der Waals surface area contributed by atoms with Gasteiger partial charge >= 0.3 is 5.97 Å². The number of rotatable bonds is 8. The molecule has 1 N–H and O–H groups in total. The number of carbonyl (C=O) groups excluding carboxylic acids is 2. The number of hydrogen-bond acceptors (Lipinski definition) is 6. The van der Waals surface area contributed by atoms with E-state index >= 15 is 0 Å². The summed E-state index contributed by atoms with van der Waals surface area (Å²) in [5.41, 5.74) is 3.31. The van der Waals surface area contributed by atoms with Crippen LogP contribution in [0, 0.1) is 13.8 Å². The van der Waals surface area contributed by atoms with E-state index in [1.165, 1.54) is 40.4 Å². The van der Waals surface area contributed by atoms with Crippen LogP contribution in [-0.2, 0) is 14.3 Å². The Morgan fingerprint density at radius 2 is 1.57 bits per heavy atom. The molecule has 2 aromatic carbocycles. The first-order valence-corrected chi connectivity index (χ1v) is 9.35. The predicted molar refractivity (Wildman–Crippen MR) is 115 cm³/mol. The minimum Gasteiger partial charge on any atom is -0.496 e. The van der Waals surface area contributed by atoms with Gasteiger partial charge in [0.2, 0.25) is 0 Å². The summed E-state index contributed by atoms with van der Waals surface area (Å²) in [4.78, 5) is 24.5. The number of aryl methyl sites for hydroxylation is 2. The summed E-state index contributed by atoms with van der Waals surface area (Å²) in [5, 5.41) is 2.77. The van der Waals surface area contributed by atoms with E-state index in [2.05, 4.69) is 5.32 Å². The zero-order valence-corrected chi connectivity index (χ0v) is 18.1. The molecule has 0 saturated carbocycles. The zero-order chi connectivity index (χ0) is 22.3. The maximum Gasteiger partial charge on any atom is 0.331 e. The number of benzene rings is 2. The molecule has 160 valence electrons. The highest BCUT2D eigenvalue weighted by Crippen LogP contribution is 2.35. The third kappa shape index (κ3) is 5.76. The fourth-order valence-corrected chi connectivity index (χ4v) is 2.80. The number of carbonyl (C=O) groups is 2. The molecule has 0 unspecified atom stereocenters. The average molecular weight is 413 g/mol. The Morgan fingerprint density at radius 1 is 0.933 bits per heavy atom. The van der Waals surface area contributed by atoms with Crippen molar-refractivity contribution in [1.29, 1.82) is 0 Å². The summed E-state index contributed by atoms with van der Waals surface area (Å²) < 4.78 is 21.0. The Hall–Kier alpha value is -3.48. The van der Waals surface area contributed by atoms with E-state index in [9.17, 15) is 9.59 Å². The second-order valence-electron chi connectivity index (χ2n) is 6.67. The summed E-state index contributed by atoms with van der Waals surface area (Å²) in [6.45, 7) is 5.39. The Morgan fingerprint density at radius 3 is 2.17 bits per heavy atom. The van der Waals surface area contributed by atoms with Gasteiger partial charge in [0.1, 0.15) is 5.75 Å². The normalized spacial score (nSPS) is 11.7. The molecule has 0 spiro atoms. The molecule has 0 saturated heterocycles. The van der Waals surface area contributed by atoms with Crippen LogP contribution in [0.25, 0.3) is 6.08 Å². The molecule has 2 aromatic rings. The average Bonchev–Trinajstić information content (AvgIpc) is 2.73. The topological polar surface area (TPSA) is 83.1 Å². The molecule has 30 heavy (non-hydrogen) atoms. The van der Waals surface area contributed by atoms with Gasteiger partial charge < -0.3 is 24.3 Å². The van der Waals surface area contributed by atoms with E-state index in [0.29, 0.717) is 28.5 Å². The molecule has 0 aromatic heterocycles. The summed E-state index contributed by atoms with van der Waals surface area (Å²) in [7, 11) is 4.55. The molecule has 0 aliphatic rings. The van der Waals surface area contributed by atoms with Crippen LogP contribution in [0.5, 0.6) is 17.2 Å². The van der Waals surface area contributed by atoms with Gasteiger partial charge in [-0.3, -0.25) is 4.79 Å². The first-order valence-electron chi connectivity index (χ1n) is 9.35. The summed E-state index contributed by atoms with van der Waals surface area (Å²) in [6, 6.07) is 9.02. The molecule has 0 aliphatic heterocycles. The number of nitrogens with one attached hydrogen (secondary N) is 1. The lowest BCUT2D eigenvalue weighted by atomic mass is 10.1. The fourth-order valence-electron chi connectivity index (χ4n) is 2.80. The van der Waals surface area contributed by atoms with Crippen molar-refractivity contribution in [3.8, 4) is 17.2 Å². The fraction of sp³-hybridized carbons (Fsp3) is 0.304. The largest absolute Gasteiger partial charge is 0.496 e. The van der Waals surface area contributed by atoms with Gasteiger partial charge in [-0.2, -0.15) is 0 Å². The minimum atomic E-state index is -0.963. The molecule has 7 heteroatoms. The predicted octanol–water partition coefficient (Wildman–Crippen LogP) is 3.91. The van der Waals surface area contributed by atoms with Gasteiger partial charge in [0.15, 0.2) is 17.6 Å². The zero-order valence-electron chi connectivity index (χ0n) is 18.1. The Kier molecular flexibility index (Phi) is 7.86. The van der Waals surface area contributed by atoms with Crippen LogP contribution in [0.15, 0.2) is 36.4 Å². The van der Waals surface area contributed by atoms with Crippen molar-refractivity contribution in [3.05, 3.63) is 53.1 Å². The third-order valence-corrected chi connectivity index (χ3v) is 4.44. The molecule has 0 bridgehead atoms. The summed E-state index contributed by atoms with van der Waals surface area (Å²) in [6.07, 6.45) is 1.79. The molecule has 2 rings (SSSR count). The molecule has 0 fully saturated rings. The smallest absolute Gasteiger partial charge is 0.331 e. The van der Waals surface area contributed by atoms with Crippen molar-refractivity contribution >= 4 is 23.6 Å². The molecule has 1 atom stereocenters. The maximum absolute atomic E-state index is 12.4. The van der Waals surface area contributed by atoms with Crippen LogP contribution in [-0.4, -0.2) is 39.3 Å². The highest BCUT2D eigenvalue weighted by Gasteiger charge is 2.18. The van der Waals surface area contributed by atoms with Crippen LogP contribution in [0.2, 0.25) is 0 Å². The Labute approximate surface area is 176 Å². The van der Waals surface area contributed by atoms with Gasteiger partial charge in [-0.15, -0.1) is 0 Å². The van der Waals surface area contributed by atoms with Crippen LogP contribution >= 0.6 is 0 Å². The van der Waals surface area contributed by atoms with Crippen molar-refractivity contribution in [1.82, 2.24) is 0 Å². The van der Waals surface area contributed by atoms with Gasteiger partial charge in [-0.1, -0.05) is 17.7 Å². The van der Waals surface area contributed by atoms with E-state index in [0.717, 1.165) is 11.1 Å². The van der Waals surface area contributed by atoms with Crippen LogP contribution in [0.3, 0.4) is 0 Å². The second-order valence-corrected chi connectivity index (χ2v) is 6.67. The lowest BCUT2D eigenvalue weighted by molar-refractivity contribution is -0.148. The van der Waals surface area contributed by atoms with Gasteiger partial charge in [-0.25, -0.2) is 4.79 Å². The number of methoxy groups -OCH3 is 3. The molecule has 1 amide bonds. The van der Waals surface area contributed by atoms with Crippen LogP contribution < -0.4 is 19.5 Å². The Balaban J connectivity index is 2.05.